The monoisotopic (exact) mass is 458 g/mol. The number of amides is 1. The number of carbonyl (C=O) groups is 2. The zero-order chi connectivity index (χ0) is 20.1. The second kappa shape index (κ2) is 9.16. The summed E-state index contributed by atoms with van der Waals surface area (Å²) < 4.78 is 2.67. The topological polar surface area (TPSA) is 76.9 Å². The molecule has 0 aliphatic heterocycles. The molecule has 8 heteroatoms. The first kappa shape index (κ1) is 20.3. The number of Topliss-reactive ketones (excluding diaryl/α,β-unsaturated/α-hetero) is 1. The SMILES string of the molecule is Cc1ccc(NC(=O)Cc2nnc(SCC(=O)c3ccc(Br)cc3)n2C)cc1. The Morgan fingerprint density at radius 2 is 1.75 bits per heavy atom. The Hall–Kier alpha value is -2.45. The molecule has 1 aromatic heterocycles. The second-order valence-electron chi connectivity index (χ2n) is 6.27. The van der Waals surface area contributed by atoms with Gasteiger partial charge < -0.3 is 9.88 Å². The molecule has 0 aliphatic carbocycles. The molecular weight excluding hydrogens is 440 g/mol. The largest absolute Gasteiger partial charge is 0.326 e. The van der Waals surface area contributed by atoms with Crippen molar-refractivity contribution in [1.29, 1.82) is 0 Å². The summed E-state index contributed by atoms with van der Waals surface area (Å²) in [4.78, 5) is 24.5. The van der Waals surface area contributed by atoms with Crippen LogP contribution in [0.15, 0.2) is 58.2 Å². The second-order valence-corrected chi connectivity index (χ2v) is 8.13. The lowest BCUT2D eigenvalue weighted by atomic mass is 10.2. The molecule has 0 atom stereocenters. The van der Waals surface area contributed by atoms with Crippen LogP contribution in [-0.2, 0) is 18.3 Å². The summed E-state index contributed by atoms with van der Waals surface area (Å²) >= 11 is 4.66. The van der Waals surface area contributed by atoms with Gasteiger partial charge in [-0.15, -0.1) is 10.2 Å². The van der Waals surface area contributed by atoms with Crippen LogP contribution in [0.4, 0.5) is 5.69 Å². The van der Waals surface area contributed by atoms with E-state index in [1.165, 1.54) is 11.8 Å². The average Bonchev–Trinajstić information content (AvgIpc) is 3.02. The van der Waals surface area contributed by atoms with Gasteiger partial charge in [0.2, 0.25) is 5.91 Å². The molecule has 3 rings (SSSR count). The molecule has 0 fully saturated rings. The Kier molecular flexibility index (Phi) is 6.64. The van der Waals surface area contributed by atoms with Gasteiger partial charge in [0.1, 0.15) is 5.82 Å². The minimum atomic E-state index is -0.165. The summed E-state index contributed by atoms with van der Waals surface area (Å²) in [6.45, 7) is 1.99. The van der Waals surface area contributed by atoms with Crippen molar-refractivity contribution in [3.8, 4) is 0 Å². The van der Waals surface area contributed by atoms with Crippen molar-refractivity contribution in [2.75, 3.05) is 11.1 Å². The molecule has 0 aliphatic rings. The third kappa shape index (κ3) is 5.30. The van der Waals surface area contributed by atoms with Crippen LogP contribution in [0.3, 0.4) is 0 Å². The smallest absolute Gasteiger partial charge is 0.232 e. The minimum absolute atomic E-state index is 0.0131. The standard InChI is InChI=1S/C20H19BrN4O2S/c1-13-3-9-16(10-4-13)22-19(27)11-18-23-24-20(25(18)2)28-12-17(26)14-5-7-15(21)8-6-14/h3-10H,11-12H2,1-2H3,(H,22,27). The quantitative estimate of drug-likeness (QED) is 0.426. The Morgan fingerprint density at radius 1 is 1.07 bits per heavy atom. The third-order valence-corrected chi connectivity index (χ3v) is 5.63. The molecule has 1 heterocycles. The molecule has 0 saturated carbocycles. The van der Waals surface area contributed by atoms with Crippen molar-refractivity contribution in [3.05, 3.63) is 70.0 Å². The molecule has 0 unspecified atom stereocenters. The molecule has 0 spiro atoms. The van der Waals surface area contributed by atoms with Crippen LogP contribution in [0.25, 0.3) is 0 Å². The van der Waals surface area contributed by atoms with E-state index in [0.29, 0.717) is 16.5 Å². The van der Waals surface area contributed by atoms with E-state index in [-0.39, 0.29) is 23.9 Å². The van der Waals surface area contributed by atoms with E-state index in [1.807, 2.05) is 43.3 Å². The minimum Gasteiger partial charge on any atom is -0.326 e. The van der Waals surface area contributed by atoms with Crippen LogP contribution >= 0.6 is 27.7 Å². The first-order valence-corrected chi connectivity index (χ1v) is 10.4. The highest BCUT2D eigenvalue weighted by Gasteiger charge is 2.15. The molecule has 0 saturated heterocycles. The van der Waals surface area contributed by atoms with E-state index in [1.54, 1.807) is 23.7 Å². The third-order valence-electron chi connectivity index (χ3n) is 4.08. The van der Waals surface area contributed by atoms with E-state index >= 15 is 0 Å². The van der Waals surface area contributed by atoms with E-state index in [2.05, 4.69) is 31.4 Å². The number of thioether (sulfide) groups is 1. The lowest BCUT2D eigenvalue weighted by Gasteiger charge is -2.06. The van der Waals surface area contributed by atoms with Crippen molar-refractivity contribution in [2.45, 2.75) is 18.5 Å². The lowest BCUT2D eigenvalue weighted by molar-refractivity contribution is -0.115. The van der Waals surface area contributed by atoms with Gasteiger partial charge in [-0.05, 0) is 31.2 Å². The number of halogens is 1. The van der Waals surface area contributed by atoms with Crippen molar-refractivity contribution >= 4 is 45.1 Å². The van der Waals surface area contributed by atoms with Gasteiger partial charge in [0.15, 0.2) is 10.9 Å². The maximum atomic E-state index is 12.3. The first-order valence-electron chi connectivity index (χ1n) is 8.59. The molecular formula is C20H19BrN4O2S. The van der Waals surface area contributed by atoms with E-state index in [9.17, 15) is 9.59 Å². The highest BCUT2D eigenvalue weighted by molar-refractivity contribution is 9.10. The number of hydrogen-bond acceptors (Lipinski definition) is 5. The number of ketones is 1. The van der Waals surface area contributed by atoms with Crippen LogP contribution < -0.4 is 5.32 Å². The molecule has 0 radical (unpaired) electrons. The van der Waals surface area contributed by atoms with E-state index in [4.69, 9.17) is 0 Å². The van der Waals surface area contributed by atoms with Gasteiger partial charge in [-0.2, -0.15) is 0 Å². The highest BCUT2D eigenvalue weighted by atomic mass is 79.9. The molecule has 1 amide bonds. The molecule has 6 nitrogen and oxygen atoms in total. The molecule has 1 N–H and O–H groups in total. The molecule has 3 aromatic rings. The lowest BCUT2D eigenvalue weighted by Crippen LogP contribution is -2.17. The molecule has 0 bridgehead atoms. The summed E-state index contributed by atoms with van der Waals surface area (Å²) in [5.74, 6) is 0.646. The highest BCUT2D eigenvalue weighted by Crippen LogP contribution is 2.19. The van der Waals surface area contributed by atoms with Gasteiger partial charge >= 0.3 is 0 Å². The number of aryl methyl sites for hydroxylation is 1. The fourth-order valence-corrected chi connectivity index (χ4v) is 3.55. The average molecular weight is 459 g/mol. The predicted octanol–water partition coefficient (Wildman–Crippen LogP) is 4.04. The first-order chi connectivity index (χ1) is 13.4. The van der Waals surface area contributed by atoms with Gasteiger partial charge in [0, 0.05) is 22.8 Å². The van der Waals surface area contributed by atoms with E-state index in [0.717, 1.165) is 15.7 Å². The maximum Gasteiger partial charge on any atom is 0.232 e. The van der Waals surface area contributed by atoms with Crippen LogP contribution in [-0.4, -0.2) is 32.2 Å². The zero-order valence-corrected chi connectivity index (χ0v) is 17.9. The summed E-state index contributed by atoms with van der Waals surface area (Å²) in [6, 6.07) is 14.8. The number of nitrogens with one attached hydrogen (secondary N) is 1. The number of rotatable bonds is 7. The number of hydrogen-bond donors (Lipinski definition) is 1. The number of aromatic nitrogens is 3. The summed E-state index contributed by atoms with van der Waals surface area (Å²) in [6.07, 6.45) is 0.110. The van der Waals surface area contributed by atoms with Gasteiger partial charge in [-0.3, -0.25) is 9.59 Å². The van der Waals surface area contributed by atoms with Crippen molar-refractivity contribution in [2.24, 2.45) is 7.05 Å². The van der Waals surface area contributed by atoms with Crippen molar-refractivity contribution in [1.82, 2.24) is 14.8 Å². The predicted molar refractivity (Wildman–Crippen MR) is 114 cm³/mol. The Labute approximate surface area is 175 Å². The maximum absolute atomic E-state index is 12.3. The number of carbonyl (C=O) groups excluding carboxylic acids is 2. The Bertz CT molecular complexity index is 984. The molecule has 144 valence electrons. The fourth-order valence-electron chi connectivity index (χ4n) is 2.46. The summed E-state index contributed by atoms with van der Waals surface area (Å²) in [5, 5.41) is 11.6. The van der Waals surface area contributed by atoms with Crippen molar-refractivity contribution in [3.63, 3.8) is 0 Å². The van der Waals surface area contributed by atoms with Gasteiger partial charge in [0.25, 0.3) is 0 Å². The normalized spacial score (nSPS) is 10.7. The van der Waals surface area contributed by atoms with Gasteiger partial charge in [0.05, 0.1) is 12.2 Å². The number of nitrogens with zero attached hydrogens (tertiary/aromatic N) is 3. The van der Waals surface area contributed by atoms with Crippen LogP contribution in [0.1, 0.15) is 21.7 Å². The van der Waals surface area contributed by atoms with E-state index < -0.39 is 0 Å². The summed E-state index contributed by atoms with van der Waals surface area (Å²) in [5.41, 5.74) is 2.52. The number of benzene rings is 2. The van der Waals surface area contributed by atoms with Crippen molar-refractivity contribution < 1.29 is 9.59 Å². The van der Waals surface area contributed by atoms with Crippen LogP contribution in [0, 0.1) is 6.92 Å². The summed E-state index contributed by atoms with van der Waals surface area (Å²) in [7, 11) is 1.79. The Morgan fingerprint density at radius 3 is 2.43 bits per heavy atom. The number of anilines is 1. The Balaban J connectivity index is 1.57. The van der Waals surface area contributed by atoms with Gasteiger partial charge in [-0.25, -0.2) is 0 Å². The fraction of sp³-hybridized carbons (Fsp3) is 0.200. The molecule has 28 heavy (non-hydrogen) atoms. The molecule has 2 aromatic carbocycles. The zero-order valence-electron chi connectivity index (χ0n) is 15.5. The van der Waals surface area contributed by atoms with Crippen LogP contribution in [0.5, 0.6) is 0 Å². The van der Waals surface area contributed by atoms with Gasteiger partial charge in [-0.1, -0.05) is 57.5 Å². The van der Waals surface area contributed by atoms with Crippen LogP contribution in [0.2, 0.25) is 0 Å².